The molecule has 0 aliphatic heterocycles. The van der Waals surface area contributed by atoms with Crippen molar-refractivity contribution < 1.29 is 47.6 Å². The molecule has 0 aromatic rings. The van der Waals surface area contributed by atoms with E-state index in [4.69, 9.17) is 5.11 Å². The van der Waals surface area contributed by atoms with Gasteiger partial charge in [0.15, 0.2) is 0 Å². The average Bonchev–Trinajstić information content (AvgIpc) is 2.42. The third-order valence-corrected chi connectivity index (χ3v) is 5.26. The summed E-state index contributed by atoms with van der Waals surface area (Å²) in [7, 11) is -4.21. The summed E-state index contributed by atoms with van der Waals surface area (Å²) < 4.78 is 33.3. The van der Waals surface area contributed by atoms with E-state index in [0.717, 1.165) is 19.3 Å². The van der Waals surface area contributed by atoms with Gasteiger partial charge in [-0.25, -0.2) is 8.42 Å². The molecular formula is C16H33NaO4S. The van der Waals surface area contributed by atoms with Gasteiger partial charge in [0.25, 0.3) is 0 Å². The van der Waals surface area contributed by atoms with Crippen LogP contribution in [0, 0.1) is 0 Å². The molecule has 0 aliphatic rings. The minimum absolute atomic E-state index is 0. The normalized spacial score (nSPS) is 12.9. The second-order valence-electron chi connectivity index (χ2n) is 5.95. The number of rotatable bonds is 15. The largest absolute Gasteiger partial charge is 1.00 e. The average molecular weight is 344 g/mol. The van der Waals surface area contributed by atoms with Gasteiger partial charge in [-0.2, -0.15) is 0 Å². The van der Waals surface area contributed by atoms with Gasteiger partial charge in [-0.1, -0.05) is 71.1 Å². The molecule has 0 saturated carbocycles. The predicted octanol–water partition coefficient (Wildman–Crippen LogP) is 0.988. The van der Waals surface area contributed by atoms with Crippen molar-refractivity contribution >= 4 is 10.1 Å². The molecular weight excluding hydrogens is 311 g/mol. The van der Waals surface area contributed by atoms with E-state index < -0.39 is 15.4 Å². The minimum Gasteiger partial charge on any atom is -0.748 e. The summed E-state index contributed by atoms with van der Waals surface area (Å²) in [5.74, 6) is 0. The maximum absolute atomic E-state index is 11.1. The van der Waals surface area contributed by atoms with Crippen molar-refractivity contribution in [2.45, 2.75) is 95.6 Å². The molecule has 0 fully saturated rings. The zero-order valence-corrected chi connectivity index (χ0v) is 17.4. The molecule has 22 heavy (non-hydrogen) atoms. The standard InChI is InChI=1S/C16H34O4S.Na/c1-2-3-4-5-6-7-8-9-10-11-13-16(14-12-15-17)21(18,19)20;/h16-17H,2-15H2,1H3,(H,18,19,20);/q;+1/p-1. The molecule has 1 N–H and O–H groups in total. The second kappa shape index (κ2) is 16.7. The van der Waals surface area contributed by atoms with Gasteiger partial charge in [-0.15, -0.1) is 0 Å². The van der Waals surface area contributed by atoms with Crippen molar-refractivity contribution in [2.24, 2.45) is 0 Å². The van der Waals surface area contributed by atoms with Crippen LogP contribution < -0.4 is 29.6 Å². The molecule has 0 spiro atoms. The van der Waals surface area contributed by atoms with Crippen molar-refractivity contribution in [3.05, 3.63) is 0 Å². The van der Waals surface area contributed by atoms with Gasteiger partial charge in [0.05, 0.1) is 10.1 Å². The first-order chi connectivity index (χ1) is 10.0. The van der Waals surface area contributed by atoms with Crippen LogP contribution in [0.1, 0.15) is 90.4 Å². The molecule has 0 aromatic heterocycles. The van der Waals surface area contributed by atoms with E-state index in [1.54, 1.807) is 0 Å². The fraction of sp³-hybridized carbons (Fsp3) is 1.00. The first kappa shape index (κ1) is 25.1. The van der Waals surface area contributed by atoms with Gasteiger partial charge in [0.2, 0.25) is 0 Å². The molecule has 0 aromatic carbocycles. The summed E-state index contributed by atoms with van der Waals surface area (Å²) >= 11 is 0. The van der Waals surface area contributed by atoms with Crippen molar-refractivity contribution in [3.63, 3.8) is 0 Å². The molecule has 0 saturated heterocycles. The van der Waals surface area contributed by atoms with Crippen LogP contribution in [0.25, 0.3) is 0 Å². The van der Waals surface area contributed by atoms with Crippen LogP contribution >= 0.6 is 0 Å². The fourth-order valence-corrected chi connectivity index (χ4v) is 3.52. The van der Waals surface area contributed by atoms with E-state index in [-0.39, 0.29) is 36.2 Å². The third kappa shape index (κ3) is 15.8. The summed E-state index contributed by atoms with van der Waals surface area (Å²) in [5, 5.41) is 7.92. The number of aliphatic hydroxyl groups excluding tert-OH is 1. The van der Waals surface area contributed by atoms with E-state index >= 15 is 0 Å². The summed E-state index contributed by atoms with van der Waals surface area (Å²) in [5.41, 5.74) is 0. The predicted molar refractivity (Wildman–Crippen MR) is 86.3 cm³/mol. The molecule has 6 heteroatoms. The number of unbranched alkanes of at least 4 members (excludes halogenated alkanes) is 9. The molecule has 0 aliphatic carbocycles. The van der Waals surface area contributed by atoms with Crippen LogP contribution in [0.2, 0.25) is 0 Å². The molecule has 4 nitrogen and oxygen atoms in total. The molecule has 0 heterocycles. The van der Waals surface area contributed by atoms with Crippen molar-refractivity contribution in [3.8, 4) is 0 Å². The van der Waals surface area contributed by atoms with E-state index in [1.165, 1.54) is 44.9 Å². The van der Waals surface area contributed by atoms with Gasteiger partial charge in [0.1, 0.15) is 0 Å². The monoisotopic (exact) mass is 344 g/mol. The Morgan fingerprint density at radius 2 is 1.23 bits per heavy atom. The number of aliphatic hydroxyl groups is 1. The quantitative estimate of drug-likeness (QED) is 0.273. The fourth-order valence-electron chi connectivity index (χ4n) is 2.61. The second-order valence-corrected chi connectivity index (χ2v) is 7.60. The summed E-state index contributed by atoms with van der Waals surface area (Å²) in [6.45, 7) is 2.17. The van der Waals surface area contributed by atoms with Crippen LogP contribution in [0.4, 0.5) is 0 Å². The molecule has 0 rings (SSSR count). The Kier molecular flexibility index (Phi) is 19.1. The van der Waals surface area contributed by atoms with Crippen LogP contribution in [-0.2, 0) is 10.1 Å². The maximum atomic E-state index is 11.1. The van der Waals surface area contributed by atoms with E-state index in [1.807, 2.05) is 0 Å². The Balaban J connectivity index is 0. The first-order valence-electron chi connectivity index (χ1n) is 8.58. The van der Waals surface area contributed by atoms with Crippen LogP contribution in [0.3, 0.4) is 0 Å². The Labute approximate surface area is 159 Å². The summed E-state index contributed by atoms with van der Waals surface area (Å²) in [4.78, 5) is 0. The van der Waals surface area contributed by atoms with Gasteiger partial charge in [-0.3, -0.25) is 0 Å². The number of hydrogen-bond acceptors (Lipinski definition) is 4. The maximum Gasteiger partial charge on any atom is 1.00 e. The van der Waals surface area contributed by atoms with Crippen LogP contribution in [0.15, 0.2) is 0 Å². The molecule has 1 atom stereocenters. The van der Waals surface area contributed by atoms with Gasteiger partial charge in [-0.05, 0) is 19.3 Å². The van der Waals surface area contributed by atoms with Crippen LogP contribution in [-0.4, -0.2) is 29.9 Å². The van der Waals surface area contributed by atoms with E-state index in [0.29, 0.717) is 19.3 Å². The summed E-state index contributed by atoms with van der Waals surface area (Å²) in [6, 6.07) is 0. The van der Waals surface area contributed by atoms with E-state index in [9.17, 15) is 13.0 Å². The molecule has 1 unspecified atom stereocenters. The first-order valence-corrected chi connectivity index (χ1v) is 10.0. The molecule has 128 valence electrons. The Morgan fingerprint density at radius 1 is 0.818 bits per heavy atom. The van der Waals surface area contributed by atoms with Crippen LogP contribution in [0.5, 0.6) is 0 Å². The Bertz CT molecular complexity index is 320. The Hall–Kier alpha value is 0.870. The third-order valence-electron chi connectivity index (χ3n) is 3.97. The molecule has 0 radical (unpaired) electrons. The molecule has 0 amide bonds. The van der Waals surface area contributed by atoms with E-state index in [2.05, 4.69) is 6.92 Å². The summed E-state index contributed by atoms with van der Waals surface area (Å²) in [6.07, 6.45) is 13.1. The number of hydrogen-bond donors (Lipinski definition) is 1. The van der Waals surface area contributed by atoms with Gasteiger partial charge >= 0.3 is 29.6 Å². The zero-order chi connectivity index (χ0) is 16.0. The molecule has 0 bridgehead atoms. The Morgan fingerprint density at radius 3 is 1.64 bits per heavy atom. The smallest absolute Gasteiger partial charge is 0.748 e. The van der Waals surface area contributed by atoms with Crippen molar-refractivity contribution in [1.82, 2.24) is 0 Å². The zero-order valence-electron chi connectivity index (χ0n) is 14.6. The van der Waals surface area contributed by atoms with Crippen molar-refractivity contribution in [1.29, 1.82) is 0 Å². The van der Waals surface area contributed by atoms with Crippen molar-refractivity contribution in [2.75, 3.05) is 6.61 Å². The minimum atomic E-state index is -4.21. The SMILES string of the molecule is CCCCCCCCCCCCC(CCCO)S(=O)(=O)[O-].[Na+]. The van der Waals surface area contributed by atoms with Gasteiger partial charge < -0.3 is 9.66 Å². The van der Waals surface area contributed by atoms with Gasteiger partial charge in [0, 0.05) is 11.9 Å². The topological polar surface area (TPSA) is 77.4 Å².